The van der Waals surface area contributed by atoms with E-state index in [-0.39, 0.29) is 5.78 Å². The van der Waals surface area contributed by atoms with Crippen molar-refractivity contribution in [2.45, 2.75) is 19.4 Å². The molecule has 0 fully saturated rings. The van der Waals surface area contributed by atoms with Crippen LogP contribution in [0.3, 0.4) is 0 Å². The van der Waals surface area contributed by atoms with E-state index in [4.69, 9.17) is 0 Å². The van der Waals surface area contributed by atoms with Gasteiger partial charge < -0.3 is 5.32 Å². The van der Waals surface area contributed by atoms with Crippen molar-refractivity contribution in [2.24, 2.45) is 0 Å². The fourth-order valence-electron chi connectivity index (χ4n) is 1.33. The molecule has 2 N–H and O–H groups in total. The fourth-order valence-corrected chi connectivity index (χ4v) is 1.33. The van der Waals surface area contributed by atoms with E-state index in [1.165, 1.54) is 0 Å². The van der Waals surface area contributed by atoms with Gasteiger partial charge in [0.1, 0.15) is 0 Å². The Morgan fingerprint density at radius 3 is 3.08 bits per heavy atom. The van der Waals surface area contributed by atoms with Gasteiger partial charge in [0.2, 0.25) is 0 Å². The Morgan fingerprint density at radius 2 is 2.46 bits per heavy atom. The number of rotatable bonds is 3. The molecule has 1 aliphatic carbocycles. The van der Waals surface area contributed by atoms with Crippen LogP contribution in [0.1, 0.15) is 18.4 Å². The Hall–Kier alpha value is -1.58. The average molecular weight is 177 g/mol. The molecule has 0 aliphatic heterocycles. The minimum atomic E-state index is 0.217. The standard InChI is InChI=1S/C9H11N3O/c13-9-2-1-8(3-9)10-4-7-5-11-12-6-7/h3,5-6,10H,1-2,4H2,(H,11,12). The summed E-state index contributed by atoms with van der Waals surface area (Å²) in [5.74, 6) is 0.217. The normalized spacial score (nSPS) is 16.0. The van der Waals surface area contributed by atoms with Crippen LogP contribution < -0.4 is 5.32 Å². The SMILES string of the molecule is O=C1C=C(NCc2cn[nH]c2)CC1. The van der Waals surface area contributed by atoms with Crippen LogP contribution >= 0.6 is 0 Å². The second-order valence-electron chi connectivity index (χ2n) is 3.10. The van der Waals surface area contributed by atoms with Crippen LogP contribution in [0.4, 0.5) is 0 Å². The number of carbonyl (C=O) groups excluding carboxylic acids is 1. The monoisotopic (exact) mass is 177 g/mol. The smallest absolute Gasteiger partial charge is 0.157 e. The summed E-state index contributed by atoms with van der Waals surface area (Å²) in [7, 11) is 0. The minimum Gasteiger partial charge on any atom is -0.384 e. The fraction of sp³-hybridized carbons (Fsp3) is 0.333. The number of nitrogens with one attached hydrogen (secondary N) is 2. The molecular weight excluding hydrogens is 166 g/mol. The van der Waals surface area contributed by atoms with Crippen molar-refractivity contribution >= 4 is 5.78 Å². The Bertz CT molecular complexity index is 327. The molecule has 0 spiro atoms. The number of hydrogen-bond acceptors (Lipinski definition) is 3. The highest BCUT2D eigenvalue weighted by Gasteiger charge is 2.10. The predicted octanol–water partition coefficient (Wildman–Crippen LogP) is 0.746. The zero-order valence-electron chi connectivity index (χ0n) is 7.21. The van der Waals surface area contributed by atoms with Crippen molar-refractivity contribution in [1.29, 1.82) is 0 Å². The summed E-state index contributed by atoms with van der Waals surface area (Å²) in [6, 6.07) is 0. The van der Waals surface area contributed by atoms with Crippen molar-refractivity contribution in [3.8, 4) is 0 Å². The maximum atomic E-state index is 10.9. The molecule has 0 bridgehead atoms. The van der Waals surface area contributed by atoms with Gasteiger partial charge in [0.05, 0.1) is 6.20 Å². The van der Waals surface area contributed by atoms with Crippen LogP contribution in [-0.4, -0.2) is 16.0 Å². The molecule has 2 rings (SSSR count). The van der Waals surface area contributed by atoms with Gasteiger partial charge in [-0.1, -0.05) is 0 Å². The first-order valence-corrected chi connectivity index (χ1v) is 4.29. The van der Waals surface area contributed by atoms with E-state index in [9.17, 15) is 4.79 Å². The summed E-state index contributed by atoms with van der Waals surface area (Å²) >= 11 is 0. The van der Waals surface area contributed by atoms with Gasteiger partial charge in [0.25, 0.3) is 0 Å². The summed E-state index contributed by atoms with van der Waals surface area (Å²) in [5.41, 5.74) is 2.13. The molecule has 1 aromatic heterocycles. The molecule has 1 aromatic rings. The number of nitrogens with zero attached hydrogens (tertiary/aromatic N) is 1. The van der Waals surface area contributed by atoms with E-state index >= 15 is 0 Å². The predicted molar refractivity (Wildman–Crippen MR) is 47.8 cm³/mol. The van der Waals surface area contributed by atoms with Crippen molar-refractivity contribution in [1.82, 2.24) is 15.5 Å². The largest absolute Gasteiger partial charge is 0.384 e. The van der Waals surface area contributed by atoms with Crippen molar-refractivity contribution in [3.63, 3.8) is 0 Å². The zero-order chi connectivity index (χ0) is 9.10. The van der Waals surface area contributed by atoms with Crippen LogP contribution in [0.2, 0.25) is 0 Å². The number of H-pyrrole nitrogens is 1. The van der Waals surface area contributed by atoms with E-state index in [1.807, 2.05) is 6.20 Å². The van der Waals surface area contributed by atoms with Gasteiger partial charge in [0.15, 0.2) is 5.78 Å². The first-order valence-electron chi connectivity index (χ1n) is 4.29. The molecule has 0 unspecified atom stereocenters. The number of allylic oxidation sites excluding steroid dienone is 2. The average Bonchev–Trinajstić information content (AvgIpc) is 2.71. The van der Waals surface area contributed by atoms with Crippen LogP contribution in [0, 0.1) is 0 Å². The lowest BCUT2D eigenvalue weighted by molar-refractivity contribution is -0.114. The first kappa shape index (κ1) is 8.04. The molecule has 13 heavy (non-hydrogen) atoms. The van der Waals surface area contributed by atoms with E-state index in [1.54, 1.807) is 12.3 Å². The Labute approximate surface area is 76.0 Å². The lowest BCUT2D eigenvalue weighted by atomic mass is 10.3. The number of aromatic nitrogens is 2. The van der Waals surface area contributed by atoms with Crippen molar-refractivity contribution in [2.75, 3.05) is 0 Å². The summed E-state index contributed by atoms with van der Waals surface area (Å²) in [4.78, 5) is 10.9. The number of carbonyl (C=O) groups is 1. The summed E-state index contributed by atoms with van der Waals surface area (Å²) in [6.07, 6.45) is 6.78. The maximum absolute atomic E-state index is 10.9. The minimum absolute atomic E-state index is 0.217. The first-order chi connectivity index (χ1) is 6.34. The van der Waals surface area contributed by atoms with Gasteiger partial charge in [-0.2, -0.15) is 5.10 Å². The van der Waals surface area contributed by atoms with Gasteiger partial charge in [0, 0.05) is 36.5 Å². The number of hydrogen-bond donors (Lipinski definition) is 2. The van der Waals surface area contributed by atoms with Gasteiger partial charge in [-0.3, -0.25) is 9.89 Å². The van der Waals surface area contributed by atoms with E-state index < -0.39 is 0 Å². The third kappa shape index (κ3) is 1.96. The second-order valence-corrected chi connectivity index (χ2v) is 3.10. The highest BCUT2D eigenvalue weighted by Crippen LogP contribution is 2.12. The topological polar surface area (TPSA) is 57.8 Å². The van der Waals surface area contributed by atoms with Crippen LogP contribution in [0.15, 0.2) is 24.2 Å². The molecule has 1 aliphatic rings. The van der Waals surface area contributed by atoms with Gasteiger partial charge >= 0.3 is 0 Å². The highest BCUT2D eigenvalue weighted by molar-refractivity contribution is 5.92. The summed E-state index contributed by atoms with van der Waals surface area (Å²) in [5, 5.41) is 9.76. The third-order valence-electron chi connectivity index (χ3n) is 2.05. The lowest BCUT2D eigenvalue weighted by Gasteiger charge is -2.03. The van der Waals surface area contributed by atoms with E-state index in [0.717, 1.165) is 24.2 Å². The molecule has 0 atom stereocenters. The molecular formula is C9H11N3O. The van der Waals surface area contributed by atoms with E-state index in [0.29, 0.717) is 6.42 Å². The molecule has 1 heterocycles. The second kappa shape index (κ2) is 3.43. The van der Waals surface area contributed by atoms with E-state index in [2.05, 4.69) is 15.5 Å². The van der Waals surface area contributed by atoms with Gasteiger partial charge in [-0.15, -0.1) is 0 Å². The summed E-state index contributed by atoms with van der Waals surface area (Å²) in [6.45, 7) is 0.732. The Kier molecular flexibility index (Phi) is 2.12. The van der Waals surface area contributed by atoms with Crippen LogP contribution in [-0.2, 0) is 11.3 Å². The quantitative estimate of drug-likeness (QED) is 0.716. The molecule has 68 valence electrons. The lowest BCUT2D eigenvalue weighted by Crippen LogP contribution is -2.10. The number of ketones is 1. The molecule has 0 saturated carbocycles. The molecule has 0 saturated heterocycles. The molecule has 0 radical (unpaired) electrons. The Balaban J connectivity index is 1.87. The molecule has 0 amide bonds. The molecule has 4 nitrogen and oxygen atoms in total. The maximum Gasteiger partial charge on any atom is 0.157 e. The highest BCUT2D eigenvalue weighted by atomic mass is 16.1. The molecule has 0 aromatic carbocycles. The van der Waals surface area contributed by atoms with Crippen LogP contribution in [0.5, 0.6) is 0 Å². The number of aromatic amines is 1. The summed E-state index contributed by atoms with van der Waals surface area (Å²) < 4.78 is 0. The van der Waals surface area contributed by atoms with Gasteiger partial charge in [-0.05, 0) is 6.42 Å². The molecule has 4 heteroatoms. The van der Waals surface area contributed by atoms with Crippen molar-refractivity contribution in [3.05, 3.63) is 29.7 Å². The third-order valence-corrected chi connectivity index (χ3v) is 2.05. The van der Waals surface area contributed by atoms with Crippen LogP contribution in [0.25, 0.3) is 0 Å². The van der Waals surface area contributed by atoms with Crippen molar-refractivity contribution < 1.29 is 4.79 Å². The van der Waals surface area contributed by atoms with Gasteiger partial charge in [-0.25, -0.2) is 0 Å². The zero-order valence-corrected chi connectivity index (χ0v) is 7.21. The Morgan fingerprint density at radius 1 is 1.54 bits per heavy atom.